The number of rotatable bonds is 10. The number of hydrogen-bond acceptors (Lipinski definition) is 3. The Balaban J connectivity index is 3.75. The van der Waals surface area contributed by atoms with Crippen LogP contribution >= 0.6 is 0 Å². The first-order valence-corrected chi connectivity index (χ1v) is 5.83. The average Bonchev–Trinajstić information content (AvgIpc) is 2.21. The van der Waals surface area contributed by atoms with Gasteiger partial charge in [-0.2, -0.15) is 0 Å². The summed E-state index contributed by atoms with van der Waals surface area (Å²) in [4.78, 5) is 22.5. The Morgan fingerprint density at radius 3 is 2.12 bits per heavy atom. The van der Waals surface area contributed by atoms with Crippen LogP contribution < -0.4 is 0 Å². The molecule has 0 aromatic rings. The smallest absolute Gasteiger partial charge is 0.317 e. The predicted octanol–water partition coefficient (Wildman–Crippen LogP) is 1.59. The van der Waals surface area contributed by atoms with Gasteiger partial charge in [0.15, 0.2) is 0 Å². The summed E-state index contributed by atoms with van der Waals surface area (Å²) in [6.07, 6.45) is 7.98. The van der Waals surface area contributed by atoms with Crippen molar-refractivity contribution >= 4 is 11.9 Å². The summed E-state index contributed by atoms with van der Waals surface area (Å²) in [5.74, 6) is -1.97. The molecular formula is C12H21NO4. The molecule has 5 nitrogen and oxygen atoms in total. The van der Waals surface area contributed by atoms with Crippen LogP contribution in [0.4, 0.5) is 0 Å². The van der Waals surface area contributed by atoms with Crippen LogP contribution in [0.1, 0.15) is 32.6 Å². The summed E-state index contributed by atoms with van der Waals surface area (Å²) in [7, 11) is 0. The van der Waals surface area contributed by atoms with Crippen LogP contribution in [0.3, 0.4) is 0 Å². The maximum atomic E-state index is 10.5. The third kappa shape index (κ3) is 10.9. The van der Waals surface area contributed by atoms with Gasteiger partial charge in [-0.3, -0.25) is 14.5 Å². The second-order valence-corrected chi connectivity index (χ2v) is 3.92. The molecule has 0 radical (unpaired) electrons. The van der Waals surface area contributed by atoms with Crippen LogP contribution in [0, 0.1) is 0 Å². The van der Waals surface area contributed by atoms with Crippen molar-refractivity contribution < 1.29 is 19.8 Å². The molecule has 0 saturated carbocycles. The van der Waals surface area contributed by atoms with Gasteiger partial charge in [-0.05, 0) is 32.7 Å². The van der Waals surface area contributed by atoms with E-state index >= 15 is 0 Å². The van der Waals surface area contributed by atoms with Crippen molar-refractivity contribution in [3.05, 3.63) is 12.2 Å². The van der Waals surface area contributed by atoms with Crippen molar-refractivity contribution in [2.45, 2.75) is 32.6 Å². The van der Waals surface area contributed by atoms with Crippen LogP contribution in [0.25, 0.3) is 0 Å². The van der Waals surface area contributed by atoms with E-state index in [0.29, 0.717) is 6.54 Å². The molecule has 0 rings (SSSR count). The number of hydrogen-bond donors (Lipinski definition) is 2. The second-order valence-electron chi connectivity index (χ2n) is 3.92. The van der Waals surface area contributed by atoms with Crippen molar-refractivity contribution in [3.8, 4) is 0 Å². The lowest BCUT2D eigenvalue weighted by molar-refractivity contribution is -0.141. The fourth-order valence-corrected chi connectivity index (χ4v) is 1.54. The van der Waals surface area contributed by atoms with Crippen LogP contribution in [-0.2, 0) is 9.59 Å². The number of carboxylic acid groups (broad SMARTS) is 2. The highest BCUT2D eigenvalue weighted by Crippen LogP contribution is 2.02. The van der Waals surface area contributed by atoms with Gasteiger partial charge in [0.05, 0.1) is 13.1 Å². The third-order valence-corrected chi connectivity index (χ3v) is 2.30. The van der Waals surface area contributed by atoms with Crippen LogP contribution in [-0.4, -0.2) is 46.7 Å². The van der Waals surface area contributed by atoms with Crippen molar-refractivity contribution in [3.63, 3.8) is 0 Å². The topological polar surface area (TPSA) is 77.8 Å². The molecule has 17 heavy (non-hydrogen) atoms. The highest BCUT2D eigenvalue weighted by Gasteiger charge is 2.12. The first kappa shape index (κ1) is 15.6. The monoisotopic (exact) mass is 243 g/mol. The molecule has 0 amide bonds. The Morgan fingerprint density at radius 2 is 1.65 bits per heavy atom. The van der Waals surface area contributed by atoms with Gasteiger partial charge in [0.25, 0.3) is 0 Å². The van der Waals surface area contributed by atoms with Crippen LogP contribution in [0.15, 0.2) is 12.2 Å². The Kier molecular flexibility index (Phi) is 9.05. The molecule has 0 spiro atoms. The SMILES string of the molecule is C/C=C/CCCCCN(CC(=O)O)CC(=O)O. The van der Waals surface area contributed by atoms with Gasteiger partial charge in [0.2, 0.25) is 0 Å². The quantitative estimate of drug-likeness (QED) is 0.450. The maximum Gasteiger partial charge on any atom is 0.317 e. The summed E-state index contributed by atoms with van der Waals surface area (Å²) in [5, 5.41) is 17.3. The van der Waals surface area contributed by atoms with Crippen molar-refractivity contribution in [2.75, 3.05) is 19.6 Å². The summed E-state index contributed by atoms with van der Waals surface area (Å²) in [6, 6.07) is 0. The minimum absolute atomic E-state index is 0.207. The molecule has 0 heterocycles. The molecule has 0 unspecified atom stereocenters. The molecule has 0 atom stereocenters. The molecule has 0 aliphatic carbocycles. The minimum atomic E-state index is -0.986. The number of aliphatic carboxylic acids is 2. The van der Waals surface area contributed by atoms with E-state index in [2.05, 4.69) is 6.08 Å². The normalized spacial score (nSPS) is 11.2. The minimum Gasteiger partial charge on any atom is -0.480 e. The zero-order valence-corrected chi connectivity index (χ0v) is 10.3. The van der Waals surface area contributed by atoms with Gasteiger partial charge < -0.3 is 10.2 Å². The Bertz CT molecular complexity index is 247. The maximum absolute atomic E-state index is 10.5. The molecule has 0 aromatic heterocycles. The van der Waals surface area contributed by atoms with Crippen LogP contribution in [0.5, 0.6) is 0 Å². The molecule has 0 bridgehead atoms. The number of carbonyl (C=O) groups is 2. The Labute approximate surface area is 102 Å². The largest absolute Gasteiger partial charge is 0.480 e. The average molecular weight is 243 g/mol. The number of unbranched alkanes of at least 4 members (excludes halogenated alkanes) is 3. The number of nitrogens with zero attached hydrogens (tertiary/aromatic N) is 1. The lowest BCUT2D eigenvalue weighted by Gasteiger charge is -2.17. The fourth-order valence-electron chi connectivity index (χ4n) is 1.54. The van der Waals surface area contributed by atoms with E-state index in [1.165, 1.54) is 4.90 Å². The van der Waals surface area contributed by atoms with E-state index in [0.717, 1.165) is 25.7 Å². The third-order valence-electron chi connectivity index (χ3n) is 2.30. The first-order chi connectivity index (χ1) is 8.06. The van der Waals surface area contributed by atoms with E-state index in [-0.39, 0.29) is 13.1 Å². The van der Waals surface area contributed by atoms with Gasteiger partial charge in [-0.1, -0.05) is 18.6 Å². The van der Waals surface area contributed by atoms with Crippen molar-refractivity contribution in [1.82, 2.24) is 4.90 Å². The number of carboxylic acids is 2. The van der Waals surface area contributed by atoms with Gasteiger partial charge >= 0.3 is 11.9 Å². The summed E-state index contributed by atoms with van der Waals surface area (Å²) in [6.45, 7) is 2.08. The van der Waals surface area contributed by atoms with Gasteiger partial charge in [0.1, 0.15) is 0 Å². The summed E-state index contributed by atoms with van der Waals surface area (Å²) < 4.78 is 0. The molecular weight excluding hydrogens is 222 g/mol. The standard InChI is InChI=1S/C12H21NO4/c1-2-3-4-5-6-7-8-13(9-11(14)15)10-12(16)17/h2-3H,4-10H2,1H3,(H,14,15)(H,16,17)/b3-2+. The van der Waals surface area contributed by atoms with Crippen molar-refractivity contribution in [1.29, 1.82) is 0 Å². The molecule has 0 saturated heterocycles. The Hall–Kier alpha value is -1.36. The summed E-state index contributed by atoms with van der Waals surface area (Å²) >= 11 is 0. The van der Waals surface area contributed by atoms with E-state index in [9.17, 15) is 9.59 Å². The molecule has 0 fully saturated rings. The molecule has 5 heteroatoms. The number of allylic oxidation sites excluding steroid dienone is 2. The fraction of sp³-hybridized carbons (Fsp3) is 0.667. The predicted molar refractivity (Wildman–Crippen MR) is 65.0 cm³/mol. The van der Waals surface area contributed by atoms with E-state index in [1.807, 2.05) is 13.0 Å². The van der Waals surface area contributed by atoms with E-state index in [1.54, 1.807) is 0 Å². The van der Waals surface area contributed by atoms with Gasteiger partial charge in [-0.15, -0.1) is 0 Å². The second kappa shape index (κ2) is 9.84. The highest BCUT2D eigenvalue weighted by atomic mass is 16.4. The molecule has 2 N–H and O–H groups in total. The molecule has 98 valence electrons. The van der Waals surface area contributed by atoms with Crippen LogP contribution in [0.2, 0.25) is 0 Å². The summed E-state index contributed by atoms with van der Waals surface area (Å²) in [5.41, 5.74) is 0. The first-order valence-electron chi connectivity index (χ1n) is 5.83. The lowest BCUT2D eigenvalue weighted by atomic mass is 10.2. The van der Waals surface area contributed by atoms with E-state index in [4.69, 9.17) is 10.2 Å². The molecule has 0 aromatic carbocycles. The van der Waals surface area contributed by atoms with Crippen molar-refractivity contribution in [2.24, 2.45) is 0 Å². The van der Waals surface area contributed by atoms with Gasteiger partial charge in [-0.25, -0.2) is 0 Å². The lowest BCUT2D eigenvalue weighted by Crippen LogP contribution is -2.35. The highest BCUT2D eigenvalue weighted by molar-refractivity contribution is 5.72. The van der Waals surface area contributed by atoms with E-state index < -0.39 is 11.9 Å². The van der Waals surface area contributed by atoms with Gasteiger partial charge in [0, 0.05) is 0 Å². The Morgan fingerprint density at radius 1 is 1.06 bits per heavy atom. The zero-order valence-electron chi connectivity index (χ0n) is 10.3. The molecule has 0 aliphatic heterocycles. The molecule has 0 aliphatic rings. The zero-order chi connectivity index (χ0) is 13.1.